The smallest absolute Gasteiger partial charge is 0.254 e. The second kappa shape index (κ2) is 7.78. The summed E-state index contributed by atoms with van der Waals surface area (Å²) in [6.07, 6.45) is 2.85. The second-order valence-corrected chi connectivity index (χ2v) is 7.47. The number of methoxy groups -OCH3 is 1. The van der Waals surface area contributed by atoms with E-state index in [1.807, 2.05) is 29.2 Å². The number of carbonyl (C=O) groups excluding carboxylic acids is 1. The molecule has 0 aliphatic carbocycles. The van der Waals surface area contributed by atoms with Gasteiger partial charge in [-0.05, 0) is 37.6 Å². The van der Waals surface area contributed by atoms with Crippen molar-refractivity contribution in [3.63, 3.8) is 0 Å². The van der Waals surface area contributed by atoms with Gasteiger partial charge in [0.1, 0.15) is 5.82 Å². The van der Waals surface area contributed by atoms with Crippen LogP contribution in [0.15, 0.2) is 24.3 Å². The molecule has 0 unspecified atom stereocenters. The van der Waals surface area contributed by atoms with Gasteiger partial charge in [-0.15, -0.1) is 10.2 Å². The van der Waals surface area contributed by atoms with Gasteiger partial charge in [-0.1, -0.05) is 12.1 Å². The Bertz CT molecular complexity index is 801. The highest BCUT2D eigenvalue weighted by Crippen LogP contribution is 2.33. The number of rotatable bonds is 4. The van der Waals surface area contributed by atoms with Crippen molar-refractivity contribution < 1.29 is 9.53 Å². The molecule has 7 heteroatoms. The number of aromatic nitrogens is 3. The summed E-state index contributed by atoms with van der Waals surface area (Å²) in [6.45, 7) is 4.20. The lowest BCUT2D eigenvalue weighted by atomic mass is 10.1. The number of carbonyl (C=O) groups is 1. The quantitative estimate of drug-likeness (QED) is 0.824. The average Bonchev–Trinajstić information content (AvgIpc) is 3.27. The van der Waals surface area contributed by atoms with Gasteiger partial charge >= 0.3 is 0 Å². The molecule has 1 aromatic heterocycles. The zero-order valence-corrected chi connectivity index (χ0v) is 16.1. The van der Waals surface area contributed by atoms with Crippen LogP contribution in [0.1, 0.15) is 46.5 Å². The molecule has 1 atom stereocenters. The van der Waals surface area contributed by atoms with Gasteiger partial charge in [0.2, 0.25) is 0 Å². The number of likely N-dealkylation sites (tertiary alicyclic amines) is 1. The van der Waals surface area contributed by atoms with Crippen LogP contribution in [0.3, 0.4) is 0 Å². The van der Waals surface area contributed by atoms with Gasteiger partial charge in [-0.2, -0.15) is 0 Å². The molecule has 27 heavy (non-hydrogen) atoms. The first-order valence-electron chi connectivity index (χ1n) is 9.66. The van der Waals surface area contributed by atoms with Crippen LogP contribution in [-0.4, -0.2) is 64.3 Å². The Balaban J connectivity index is 1.56. The lowest BCUT2D eigenvalue weighted by Gasteiger charge is -2.25. The number of hydrogen-bond acceptors (Lipinski definition) is 5. The number of benzene rings is 1. The molecular weight excluding hydrogens is 342 g/mol. The molecule has 2 aliphatic rings. The van der Waals surface area contributed by atoms with E-state index >= 15 is 0 Å². The average molecular weight is 369 g/mol. The molecule has 1 aromatic carbocycles. The molecule has 144 valence electrons. The third-order valence-electron chi connectivity index (χ3n) is 5.60. The molecule has 0 bridgehead atoms. The third-order valence-corrected chi connectivity index (χ3v) is 5.60. The summed E-state index contributed by atoms with van der Waals surface area (Å²) in [5.74, 6) is 2.06. The van der Waals surface area contributed by atoms with Gasteiger partial charge in [-0.25, -0.2) is 0 Å². The van der Waals surface area contributed by atoms with Crippen molar-refractivity contribution >= 4 is 5.91 Å². The number of hydrogen-bond donors (Lipinski definition) is 0. The predicted octanol–water partition coefficient (Wildman–Crippen LogP) is 1.89. The molecule has 2 aromatic rings. The molecule has 1 saturated heterocycles. The molecule has 7 nitrogen and oxygen atoms in total. The minimum absolute atomic E-state index is 0.0146. The Hall–Kier alpha value is -2.25. The number of likely N-dealkylation sites (N-methyl/N-ethyl adjacent to an activating group) is 1. The van der Waals surface area contributed by atoms with E-state index in [9.17, 15) is 4.79 Å². The topological polar surface area (TPSA) is 63.5 Å². The zero-order valence-electron chi connectivity index (χ0n) is 16.1. The Morgan fingerprint density at radius 3 is 2.74 bits per heavy atom. The molecule has 0 saturated carbocycles. The lowest BCUT2D eigenvalue weighted by molar-refractivity contribution is 0.0727. The van der Waals surface area contributed by atoms with Crippen molar-refractivity contribution in [2.75, 3.05) is 33.8 Å². The zero-order chi connectivity index (χ0) is 18.8. The SMILES string of the molecule is COCc1ccc(C(=O)N2CCC[C@@H]2c2nnc3n2CCN(C)CC3)cc1. The summed E-state index contributed by atoms with van der Waals surface area (Å²) in [6, 6.07) is 7.72. The van der Waals surface area contributed by atoms with E-state index < -0.39 is 0 Å². The van der Waals surface area contributed by atoms with E-state index in [2.05, 4.69) is 26.7 Å². The minimum atomic E-state index is 0.0146. The summed E-state index contributed by atoms with van der Waals surface area (Å²) in [7, 11) is 3.81. The van der Waals surface area contributed by atoms with Crippen LogP contribution in [0.25, 0.3) is 0 Å². The Labute approximate surface area is 159 Å². The van der Waals surface area contributed by atoms with E-state index in [0.29, 0.717) is 6.61 Å². The number of ether oxygens (including phenoxy) is 1. The predicted molar refractivity (Wildman–Crippen MR) is 101 cm³/mol. The fourth-order valence-electron chi connectivity index (χ4n) is 4.05. The molecular formula is C20H27N5O2. The number of nitrogens with zero attached hydrogens (tertiary/aromatic N) is 5. The molecule has 2 aliphatic heterocycles. The van der Waals surface area contributed by atoms with Crippen molar-refractivity contribution in [1.29, 1.82) is 0 Å². The maximum atomic E-state index is 13.1. The van der Waals surface area contributed by atoms with E-state index in [1.165, 1.54) is 0 Å². The van der Waals surface area contributed by atoms with Crippen molar-refractivity contribution in [2.24, 2.45) is 0 Å². The maximum Gasteiger partial charge on any atom is 0.254 e. The van der Waals surface area contributed by atoms with Crippen LogP contribution in [0, 0.1) is 0 Å². The summed E-state index contributed by atoms with van der Waals surface area (Å²) in [5.41, 5.74) is 1.79. The van der Waals surface area contributed by atoms with Crippen LogP contribution in [0.4, 0.5) is 0 Å². The van der Waals surface area contributed by atoms with Crippen LogP contribution in [-0.2, 0) is 24.3 Å². The standard InChI is InChI=1S/C20H27N5O2/c1-23-11-9-18-21-22-19(25(18)13-12-23)17-4-3-10-24(17)20(26)16-7-5-15(6-8-16)14-27-2/h5-8,17H,3-4,9-14H2,1-2H3/t17-/m1/s1. The highest BCUT2D eigenvalue weighted by atomic mass is 16.5. The van der Waals surface area contributed by atoms with Gasteiger partial charge in [0, 0.05) is 45.3 Å². The van der Waals surface area contributed by atoms with E-state index in [4.69, 9.17) is 4.74 Å². The molecule has 1 fully saturated rings. The maximum absolute atomic E-state index is 13.1. The number of fused-ring (bicyclic) bond motifs is 1. The third kappa shape index (κ3) is 3.61. The normalized spacial score (nSPS) is 20.5. The summed E-state index contributed by atoms with van der Waals surface area (Å²) in [4.78, 5) is 17.4. The lowest BCUT2D eigenvalue weighted by Crippen LogP contribution is -2.32. The summed E-state index contributed by atoms with van der Waals surface area (Å²) < 4.78 is 7.39. The van der Waals surface area contributed by atoms with Gasteiger partial charge < -0.3 is 19.1 Å². The van der Waals surface area contributed by atoms with Crippen molar-refractivity contribution in [3.8, 4) is 0 Å². The van der Waals surface area contributed by atoms with Crippen molar-refractivity contribution in [1.82, 2.24) is 24.6 Å². The van der Waals surface area contributed by atoms with Gasteiger partial charge in [0.05, 0.1) is 12.6 Å². The second-order valence-electron chi connectivity index (χ2n) is 7.47. The van der Waals surface area contributed by atoms with E-state index in [-0.39, 0.29) is 11.9 Å². The largest absolute Gasteiger partial charge is 0.380 e. The molecule has 0 radical (unpaired) electrons. The van der Waals surface area contributed by atoms with Crippen LogP contribution < -0.4 is 0 Å². The van der Waals surface area contributed by atoms with Crippen LogP contribution >= 0.6 is 0 Å². The van der Waals surface area contributed by atoms with Gasteiger partial charge in [0.15, 0.2) is 5.82 Å². The van der Waals surface area contributed by atoms with Gasteiger partial charge in [-0.3, -0.25) is 4.79 Å². The monoisotopic (exact) mass is 369 g/mol. The Morgan fingerprint density at radius 1 is 1.15 bits per heavy atom. The minimum Gasteiger partial charge on any atom is -0.380 e. The molecule has 1 amide bonds. The fraction of sp³-hybridized carbons (Fsp3) is 0.550. The molecule has 4 rings (SSSR count). The highest BCUT2D eigenvalue weighted by molar-refractivity contribution is 5.94. The first-order chi connectivity index (χ1) is 13.2. The van der Waals surface area contributed by atoms with Crippen LogP contribution in [0.2, 0.25) is 0 Å². The Morgan fingerprint density at radius 2 is 1.96 bits per heavy atom. The first kappa shape index (κ1) is 18.1. The number of amides is 1. The van der Waals surface area contributed by atoms with Crippen molar-refractivity contribution in [2.45, 2.75) is 38.5 Å². The van der Waals surface area contributed by atoms with Crippen molar-refractivity contribution in [3.05, 3.63) is 47.0 Å². The Kier molecular flexibility index (Phi) is 5.22. The first-order valence-corrected chi connectivity index (χ1v) is 9.66. The van der Waals surface area contributed by atoms with E-state index in [1.54, 1.807) is 7.11 Å². The highest BCUT2D eigenvalue weighted by Gasteiger charge is 2.35. The fourth-order valence-corrected chi connectivity index (χ4v) is 4.05. The summed E-state index contributed by atoms with van der Waals surface area (Å²) >= 11 is 0. The molecule has 0 spiro atoms. The van der Waals surface area contributed by atoms with Crippen LogP contribution in [0.5, 0.6) is 0 Å². The van der Waals surface area contributed by atoms with E-state index in [0.717, 1.165) is 68.2 Å². The molecule has 3 heterocycles. The summed E-state index contributed by atoms with van der Waals surface area (Å²) in [5, 5.41) is 8.92. The van der Waals surface area contributed by atoms with Gasteiger partial charge in [0.25, 0.3) is 5.91 Å². The molecule has 0 N–H and O–H groups in total.